The Hall–Kier alpha value is -2.43. The third-order valence-corrected chi connectivity index (χ3v) is 3.31. The number of benzene rings is 1. The Kier molecular flexibility index (Phi) is 7.74. The molecule has 0 aliphatic heterocycles. The Balaban J connectivity index is 2.86. The first kappa shape index (κ1) is 18.6. The first-order chi connectivity index (χ1) is 11.0. The van der Waals surface area contributed by atoms with E-state index in [0.717, 1.165) is 5.56 Å². The summed E-state index contributed by atoms with van der Waals surface area (Å²) in [6, 6.07) is 9.34. The predicted octanol–water partition coefficient (Wildman–Crippen LogP) is 2.67. The van der Waals surface area contributed by atoms with Crippen LogP contribution in [0.25, 0.3) is 0 Å². The van der Waals surface area contributed by atoms with E-state index in [1.807, 2.05) is 37.3 Å². The van der Waals surface area contributed by atoms with Crippen molar-refractivity contribution in [2.24, 2.45) is 0 Å². The lowest BCUT2D eigenvalue weighted by Crippen LogP contribution is -2.34. The number of carbonyl (C=O) groups excluding carboxylic acids is 3. The zero-order valence-corrected chi connectivity index (χ0v) is 13.8. The summed E-state index contributed by atoms with van der Waals surface area (Å²) in [5, 5.41) is 0. The number of Topliss-reactive ketones (excluding diaryl/α,β-unsaturated/α-hetero) is 1. The number of ether oxygens (including phenoxy) is 1. The smallest absolute Gasteiger partial charge is 0.330 e. The van der Waals surface area contributed by atoms with E-state index >= 15 is 0 Å². The fourth-order valence-electron chi connectivity index (χ4n) is 2.15. The van der Waals surface area contributed by atoms with Crippen LogP contribution in [0, 0.1) is 0 Å². The molecule has 23 heavy (non-hydrogen) atoms. The third kappa shape index (κ3) is 6.46. The highest BCUT2D eigenvalue weighted by Gasteiger charge is 2.21. The molecule has 0 aliphatic rings. The lowest BCUT2D eigenvalue weighted by Gasteiger charge is -2.28. The largest absolute Gasteiger partial charge is 0.463 e. The van der Waals surface area contributed by atoms with E-state index in [0.29, 0.717) is 6.61 Å². The van der Waals surface area contributed by atoms with Crippen LogP contribution in [-0.4, -0.2) is 35.7 Å². The van der Waals surface area contributed by atoms with Gasteiger partial charge in [-0.25, -0.2) is 4.79 Å². The average Bonchev–Trinajstić information content (AvgIpc) is 2.51. The number of amides is 1. The number of hydrogen-bond acceptors (Lipinski definition) is 4. The predicted molar refractivity (Wildman–Crippen MR) is 87.6 cm³/mol. The second kappa shape index (κ2) is 9.56. The fourth-order valence-corrected chi connectivity index (χ4v) is 2.15. The number of carbonyl (C=O) groups is 3. The van der Waals surface area contributed by atoms with E-state index in [1.165, 1.54) is 13.0 Å². The van der Waals surface area contributed by atoms with Crippen LogP contribution in [0.4, 0.5) is 0 Å². The number of nitrogens with zero attached hydrogens (tertiary/aromatic N) is 1. The van der Waals surface area contributed by atoms with Crippen LogP contribution in [0.3, 0.4) is 0 Å². The zero-order valence-electron chi connectivity index (χ0n) is 13.8. The molecule has 1 aromatic rings. The normalized spacial score (nSPS) is 12.0. The van der Waals surface area contributed by atoms with Crippen molar-refractivity contribution in [2.75, 3.05) is 13.2 Å². The SMILES string of the molecule is CCOC(=O)/C=C/CN(C(=O)CC(C)=O)[C@@H](C)c1ccccc1. The van der Waals surface area contributed by atoms with Crippen LogP contribution in [-0.2, 0) is 19.1 Å². The van der Waals surface area contributed by atoms with Crippen LogP contribution in [0.5, 0.6) is 0 Å². The molecular weight excluding hydrogens is 294 g/mol. The monoisotopic (exact) mass is 317 g/mol. The molecule has 0 saturated carbocycles. The molecule has 0 unspecified atom stereocenters. The fraction of sp³-hybridized carbons (Fsp3) is 0.389. The molecule has 0 fully saturated rings. The molecule has 0 radical (unpaired) electrons. The van der Waals surface area contributed by atoms with Gasteiger partial charge in [-0.15, -0.1) is 0 Å². The Morgan fingerprint density at radius 2 is 1.87 bits per heavy atom. The standard InChI is InChI=1S/C18H23NO4/c1-4-23-18(22)11-8-12-19(17(21)13-14(2)20)15(3)16-9-6-5-7-10-16/h5-11,15H,4,12-13H2,1-3H3/b11-8+/t15-/m0/s1. The summed E-state index contributed by atoms with van der Waals surface area (Å²) in [7, 11) is 0. The maximum Gasteiger partial charge on any atom is 0.330 e. The van der Waals surface area contributed by atoms with Crippen LogP contribution in [0.1, 0.15) is 38.8 Å². The molecule has 1 amide bonds. The highest BCUT2D eigenvalue weighted by Crippen LogP contribution is 2.20. The van der Waals surface area contributed by atoms with Crippen molar-refractivity contribution >= 4 is 17.7 Å². The Labute approximate surface area is 136 Å². The van der Waals surface area contributed by atoms with Crippen LogP contribution < -0.4 is 0 Å². The lowest BCUT2D eigenvalue weighted by molar-refractivity contribution is -0.138. The summed E-state index contributed by atoms with van der Waals surface area (Å²) in [5.74, 6) is -0.893. The lowest BCUT2D eigenvalue weighted by atomic mass is 10.1. The average molecular weight is 317 g/mol. The number of hydrogen-bond donors (Lipinski definition) is 0. The van der Waals surface area contributed by atoms with Gasteiger partial charge in [0.1, 0.15) is 5.78 Å². The molecule has 0 spiro atoms. The summed E-state index contributed by atoms with van der Waals surface area (Å²) in [4.78, 5) is 36.5. The minimum absolute atomic E-state index is 0.148. The summed E-state index contributed by atoms with van der Waals surface area (Å²) in [6.45, 7) is 5.55. The molecule has 1 aromatic carbocycles. The number of esters is 1. The van der Waals surface area contributed by atoms with E-state index in [1.54, 1.807) is 17.9 Å². The molecule has 124 valence electrons. The van der Waals surface area contributed by atoms with E-state index in [9.17, 15) is 14.4 Å². The van der Waals surface area contributed by atoms with Gasteiger partial charge in [-0.1, -0.05) is 36.4 Å². The zero-order chi connectivity index (χ0) is 17.2. The maximum atomic E-state index is 12.3. The Morgan fingerprint density at radius 1 is 1.22 bits per heavy atom. The quantitative estimate of drug-likeness (QED) is 0.420. The van der Waals surface area contributed by atoms with Gasteiger partial charge in [0.05, 0.1) is 19.1 Å². The van der Waals surface area contributed by atoms with Crippen molar-refractivity contribution in [1.29, 1.82) is 0 Å². The minimum Gasteiger partial charge on any atom is -0.463 e. The highest BCUT2D eigenvalue weighted by atomic mass is 16.5. The van der Waals surface area contributed by atoms with E-state index < -0.39 is 5.97 Å². The van der Waals surface area contributed by atoms with Gasteiger partial charge in [-0.2, -0.15) is 0 Å². The van der Waals surface area contributed by atoms with Gasteiger partial charge in [0.2, 0.25) is 5.91 Å². The molecular formula is C18H23NO4. The van der Waals surface area contributed by atoms with Gasteiger partial charge in [0.15, 0.2) is 0 Å². The molecule has 1 rings (SSSR count). The first-order valence-electron chi connectivity index (χ1n) is 7.62. The highest BCUT2D eigenvalue weighted by molar-refractivity contribution is 5.97. The molecule has 5 heteroatoms. The minimum atomic E-state index is -0.446. The summed E-state index contributed by atoms with van der Waals surface area (Å²) in [5.41, 5.74) is 0.967. The molecule has 0 bridgehead atoms. The van der Waals surface area contributed by atoms with Crippen molar-refractivity contribution in [1.82, 2.24) is 4.90 Å². The molecule has 1 atom stereocenters. The Bertz CT molecular complexity index is 566. The molecule has 0 aliphatic carbocycles. The second-order valence-electron chi connectivity index (χ2n) is 5.17. The first-order valence-corrected chi connectivity index (χ1v) is 7.62. The van der Waals surface area contributed by atoms with Crippen molar-refractivity contribution in [3.63, 3.8) is 0 Å². The van der Waals surface area contributed by atoms with Gasteiger partial charge in [0, 0.05) is 12.6 Å². The van der Waals surface area contributed by atoms with E-state index in [4.69, 9.17) is 4.74 Å². The Morgan fingerprint density at radius 3 is 2.43 bits per heavy atom. The summed E-state index contributed by atoms with van der Waals surface area (Å²) in [6.07, 6.45) is 2.73. The van der Waals surface area contributed by atoms with Gasteiger partial charge >= 0.3 is 5.97 Å². The van der Waals surface area contributed by atoms with Crippen molar-refractivity contribution < 1.29 is 19.1 Å². The molecule has 0 aromatic heterocycles. The maximum absolute atomic E-state index is 12.3. The topological polar surface area (TPSA) is 63.7 Å². The number of ketones is 1. The van der Waals surface area contributed by atoms with Gasteiger partial charge in [-0.05, 0) is 26.3 Å². The van der Waals surface area contributed by atoms with Crippen LogP contribution in [0.2, 0.25) is 0 Å². The third-order valence-electron chi connectivity index (χ3n) is 3.31. The van der Waals surface area contributed by atoms with Gasteiger partial charge < -0.3 is 9.64 Å². The molecule has 0 heterocycles. The van der Waals surface area contributed by atoms with Gasteiger partial charge in [-0.3, -0.25) is 9.59 Å². The molecule has 0 saturated heterocycles. The van der Waals surface area contributed by atoms with Crippen molar-refractivity contribution in [2.45, 2.75) is 33.2 Å². The van der Waals surface area contributed by atoms with Crippen LogP contribution in [0.15, 0.2) is 42.5 Å². The summed E-state index contributed by atoms with van der Waals surface area (Å²) < 4.78 is 4.81. The van der Waals surface area contributed by atoms with Crippen LogP contribution >= 0.6 is 0 Å². The van der Waals surface area contributed by atoms with E-state index in [-0.39, 0.29) is 30.7 Å². The molecule has 0 N–H and O–H groups in total. The van der Waals surface area contributed by atoms with Gasteiger partial charge in [0.25, 0.3) is 0 Å². The summed E-state index contributed by atoms with van der Waals surface area (Å²) >= 11 is 0. The van der Waals surface area contributed by atoms with Crippen molar-refractivity contribution in [3.05, 3.63) is 48.0 Å². The van der Waals surface area contributed by atoms with E-state index in [2.05, 4.69) is 0 Å². The van der Waals surface area contributed by atoms with Crippen molar-refractivity contribution in [3.8, 4) is 0 Å². The second-order valence-corrected chi connectivity index (χ2v) is 5.17. The number of rotatable bonds is 8. The molecule has 5 nitrogen and oxygen atoms in total.